The van der Waals surface area contributed by atoms with Crippen molar-refractivity contribution in [1.82, 2.24) is 0 Å². The van der Waals surface area contributed by atoms with Gasteiger partial charge in [0.15, 0.2) is 0 Å². The van der Waals surface area contributed by atoms with E-state index < -0.39 is 0 Å². The molecule has 0 radical (unpaired) electrons. The molecule has 0 saturated carbocycles. The summed E-state index contributed by atoms with van der Waals surface area (Å²) in [6, 6.07) is 8.58. The highest BCUT2D eigenvalue weighted by molar-refractivity contribution is 5.31. The van der Waals surface area contributed by atoms with E-state index in [1.165, 1.54) is 11.1 Å². The third-order valence-corrected chi connectivity index (χ3v) is 2.62. The molecule has 1 atom stereocenters. The van der Waals surface area contributed by atoms with E-state index in [0.717, 1.165) is 6.42 Å². The molecule has 0 amide bonds. The lowest BCUT2D eigenvalue weighted by Gasteiger charge is -2.13. The van der Waals surface area contributed by atoms with E-state index in [4.69, 9.17) is 5.73 Å². The Kier molecular flexibility index (Phi) is 2.80. The number of nitrogens with two attached hydrogens (primary N) is 1. The average Bonchev–Trinajstić information content (AvgIpc) is 2.30. The van der Waals surface area contributed by atoms with Crippen molar-refractivity contribution in [3.63, 3.8) is 0 Å². The van der Waals surface area contributed by atoms with Gasteiger partial charge in [0, 0.05) is 12.5 Å². The summed E-state index contributed by atoms with van der Waals surface area (Å²) >= 11 is 0. The number of hydrogen-bond acceptors (Lipinski definition) is 1. The van der Waals surface area contributed by atoms with Crippen LogP contribution in [0.1, 0.15) is 23.5 Å². The molecule has 72 valence electrons. The molecule has 0 heterocycles. The standard InChI is InChI=1S/C13H15N/c14-10-11-6-8-13(9-7-11)12-4-2-1-3-5-12/h1-4,6-9,12H,5,10,14H2. The van der Waals surface area contributed by atoms with E-state index in [-0.39, 0.29) is 0 Å². The van der Waals surface area contributed by atoms with E-state index in [2.05, 4.69) is 48.6 Å². The van der Waals surface area contributed by atoms with Crippen molar-refractivity contribution >= 4 is 0 Å². The van der Waals surface area contributed by atoms with Gasteiger partial charge in [-0.15, -0.1) is 0 Å². The minimum Gasteiger partial charge on any atom is -0.326 e. The van der Waals surface area contributed by atoms with Gasteiger partial charge in [-0.25, -0.2) is 0 Å². The van der Waals surface area contributed by atoms with Crippen LogP contribution in [0.15, 0.2) is 48.6 Å². The summed E-state index contributed by atoms with van der Waals surface area (Å²) < 4.78 is 0. The van der Waals surface area contributed by atoms with Gasteiger partial charge in [-0.2, -0.15) is 0 Å². The predicted molar refractivity (Wildman–Crippen MR) is 60.0 cm³/mol. The Morgan fingerprint density at radius 1 is 1.14 bits per heavy atom. The monoisotopic (exact) mass is 185 g/mol. The molecule has 14 heavy (non-hydrogen) atoms. The highest BCUT2D eigenvalue weighted by Gasteiger charge is 2.07. The highest BCUT2D eigenvalue weighted by atomic mass is 14.5. The maximum absolute atomic E-state index is 5.55. The second-order valence-corrected chi connectivity index (χ2v) is 3.60. The van der Waals surface area contributed by atoms with Crippen LogP contribution in [0.2, 0.25) is 0 Å². The molecule has 0 spiro atoms. The topological polar surface area (TPSA) is 26.0 Å². The molecule has 1 aromatic rings. The summed E-state index contributed by atoms with van der Waals surface area (Å²) in [5, 5.41) is 0. The van der Waals surface area contributed by atoms with Crippen LogP contribution in [0.3, 0.4) is 0 Å². The Morgan fingerprint density at radius 3 is 2.50 bits per heavy atom. The Morgan fingerprint density at radius 2 is 1.93 bits per heavy atom. The van der Waals surface area contributed by atoms with E-state index >= 15 is 0 Å². The van der Waals surface area contributed by atoms with Crippen molar-refractivity contribution in [2.75, 3.05) is 0 Å². The minimum atomic E-state index is 0.548. The van der Waals surface area contributed by atoms with Crippen molar-refractivity contribution in [3.05, 3.63) is 59.7 Å². The molecule has 2 rings (SSSR count). The van der Waals surface area contributed by atoms with Gasteiger partial charge in [0.25, 0.3) is 0 Å². The third-order valence-electron chi connectivity index (χ3n) is 2.62. The van der Waals surface area contributed by atoms with Crippen LogP contribution in [-0.4, -0.2) is 0 Å². The maximum atomic E-state index is 5.55. The molecule has 0 aromatic heterocycles. The second-order valence-electron chi connectivity index (χ2n) is 3.60. The SMILES string of the molecule is NCc1ccc(C2C=CC=CC2)cc1. The molecule has 0 bridgehead atoms. The first-order chi connectivity index (χ1) is 6.90. The molecule has 1 unspecified atom stereocenters. The van der Waals surface area contributed by atoms with Gasteiger partial charge >= 0.3 is 0 Å². The fourth-order valence-electron chi connectivity index (χ4n) is 1.73. The number of rotatable bonds is 2. The smallest absolute Gasteiger partial charge is 0.0178 e. The summed E-state index contributed by atoms with van der Waals surface area (Å²) in [5.74, 6) is 0.548. The zero-order valence-electron chi connectivity index (χ0n) is 8.19. The molecule has 1 aliphatic rings. The van der Waals surface area contributed by atoms with E-state index in [9.17, 15) is 0 Å². The Labute approximate surface area is 84.9 Å². The van der Waals surface area contributed by atoms with Crippen molar-refractivity contribution in [3.8, 4) is 0 Å². The fraction of sp³-hybridized carbons (Fsp3) is 0.231. The van der Waals surface area contributed by atoms with E-state index in [1.807, 2.05) is 0 Å². The first-order valence-corrected chi connectivity index (χ1v) is 5.02. The zero-order valence-corrected chi connectivity index (χ0v) is 8.19. The van der Waals surface area contributed by atoms with Crippen LogP contribution in [0, 0.1) is 0 Å². The quantitative estimate of drug-likeness (QED) is 0.753. The Bertz CT molecular complexity index is 346. The summed E-state index contributed by atoms with van der Waals surface area (Å²) in [7, 11) is 0. The lowest BCUT2D eigenvalue weighted by molar-refractivity contribution is 0.852. The normalized spacial score (nSPS) is 19.9. The molecular weight excluding hydrogens is 170 g/mol. The summed E-state index contributed by atoms with van der Waals surface area (Å²) in [4.78, 5) is 0. The fourth-order valence-corrected chi connectivity index (χ4v) is 1.73. The molecule has 0 aliphatic heterocycles. The lowest BCUT2D eigenvalue weighted by atomic mass is 9.92. The van der Waals surface area contributed by atoms with E-state index in [1.54, 1.807) is 0 Å². The minimum absolute atomic E-state index is 0.548. The van der Waals surface area contributed by atoms with Crippen LogP contribution in [0.4, 0.5) is 0 Å². The molecule has 0 saturated heterocycles. The van der Waals surface area contributed by atoms with Gasteiger partial charge in [0.2, 0.25) is 0 Å². The van der Waals surface area contributed by atoms with Gasteiger partial charge in [-0.1, -0.05) is 48.6 Å². The number of hydrogen-bond donors (Lipinski definition) is 1. The van der Waals surface area contributed by atoms with Crippen LogP contribution in [-0.2, 0) is 6.54 Å². The molecule has 1 aliphatic carbocycles. The lowest BCUT2D eigenvalue weighted by Crippen LogP contribution is -1.99. The highest BCUT2D eigenvalue weighted by Crippen LogP contribution is 2.24. The molecular formula is C13H15N. The molecule has 1 heteroatoms. The van der Waals surface area contributed by atoms with Crippen LogP contribution in [0.25, 0.3) is 0 Å². The first kappa shape index (κ1) is 9.22. The number of benzene rings is 1. The summed E-state index contributed by atoms with van der Waals surface area (Å²) in [6.45, 7) is 0.626. The van der Waals surface area contributed by atoms with Crippen LogP contribution >= 0.6 is 0 Å². The Hall–Kier alpha value is -1.34. The van der Waals surface area contributed by atoms with Gasteiger partial charge in [0.1, 0.15) is 0 Å². The first-order valence-electron chi connectivity index (χ1n) is 5.02. The number of allylic oxidation sites excluding steroid dienone is 4. The maximum Gasteiger partial charge on any atom is 0.0178 e. The second kappa shape index (κ2) is 4.25. The van der Waals surface area contributed by atoms with Crippen LogP contribution < -0.4 is 5.73 Å². The van der Waals surface area contributed by atoms with Crippen molar-refractivity contribution in [2.24, 2.45) is 5.73 Å². The molecule has 0 fully saturated rings. The zero-order chi connectivity index (χ0) is 9.80. The third kappa shape index (κ3) is 1.94. The molecule has 1 aromatic carbocycles. The largest absolute Gasteiger partial charge is 0.326 e. The van der Waals surface area contributed by atoms with Crippen molar-refractivity contribution in [2.45, 2.75) is 18.9 Å². The molecule has 1 nitrogen and oxygen atoms in total. The average molecular weight is 185 g/mol. The summed E-state index contributed by atoms with van der Waals surface area (Å²) in [6.07, 6.45) is 9.78. The van der Waals surface area contributed by atoms with Crippen molar-refractivity contribution in [1.29, 1.82) is 0 Å². The van der Waals surface area contributed by atoms with Crippen LogP contribution in [0.5, 0.6) is 0 Å². The van der Waals surface area contributed by atoms with Gasteiger partial charge in [0.05, 0.1) is 0 Å². The molecule has 2 N–H and O–H groups in total. The van der Waals surface area contributed by atoms with Crippen molar-refractivity contribution < 1.29 is 0 Å². The van der Waals surface area contributed by atoms with Gasteiger partial charge < -0.3 is 5.73 Å². The Balaban J connectivity index is 2.16. The summed E-state index contributed by atoms with van der Waals surface area (Å²) in [5.41, 5.74) is 8.13. The predicted octanol–water partition coefficient (Wildman–Crippen LogP) is 2.75. The van der Waals surface area contributed by atoms with E-state index in [0.29, 0.717) is 12.5 Å². The van der Waals surface area contributed by atoms with Gasteiger partial charge in [-0.05, 0) is 17.5 Å². The van der Waals surface area contributed by atoms with Gasteiger partial charge in [-0.3, -0.25) is 0 Å².